The van der Waals surface area contributed by atoms with E-state index in [1.54, 1.807) is 12.1 Å². The fourth-order valence-corrected chi connectivity index (χ4v) is 0.906. The van der Waals surface area contributed by atoms with Crippen LogP contribution in [0.5, 0.6) is 0 Å². The van der Waals surface area contributed by atoms with Crippen molar-refractivity contribution in [2.75, 3.05) is 0 Å². The highest BCUT2D eigenvalue weighted by atomic mass is 14.7. The topological polar surface area (TPSA) is 60.5 Å². The van der Waals surface area contributed by atoms with Crippen molar-refractivity contribution >= 4 is 0 Å². The molecule has 0 aliphatic carbocycles. The number of aromatic nitrogens is 1. The minimum absolute atomic E-state index is 0.311. The highest BCUT2D eigenvalue weighted by Crippen LogP contribution is 2.05. The number of nitriles is 2. The van der Waals surface area contributed by atoms with Crippen molar-refractivity contribution in [3.8, 4) is 12.1 Å². The van der Waals surface area contributed by atoms with Gasteiger partial charge in [-0.1, -0.05) is 6.92 Å². The van der Waals surface area contributed by atoms with E-state index in [1.165, 1.54) is 0 Å². The molecule has 1 aromatic heterocycles. The summed E-state index contributed by atoms with van der Waals surface area (Å²) in [5.74, 6) is 0. The largest absolute Gasteiger partial charge is 0.226 e. The zero-order chi connectivity index (χ0) is 8.97. The van der Waals surface area contributed by atoms with Gasteiger partial charge in [0.1, 0.15) is 23.5 Å². The van der Waals surface area contributed by atoms with Crippen LogP contribution in [0.1, 0.15) is 23.9 Å². The molecule has 0 aliphatic rings. The van der Waals surface area contributed by atoms with Crippen molar-refractivity contribution in [2.45, 2.75) is 13.3 Å². The molecule has 0 saturated carbocycles. The molecule has 0 unspecified atom stereocenters. The Hall–Kier alpha value is -1.87. The minimum atomic E-state index is 0.311. The van der Waals surface area contributed by atoms with Crippen molar-refractivity contribution in [1.29, 1.82) is 10.5 Å². The highest BCUT2D eigenvalue weighted by Gasteiger charge is 1.99. The van der Waals surface area contributed by atoms with Crippen LogP contribution in [-0.2, 0) is 6.42 Å². The number of pyridine rings is 1. The summed E-state index contributed by atoms with van der Waals surface area (Å²) in [6.45, 7) is 1.97. The number of rotatable bonds is 1. The van der Waals surface area contributed by atoms with Gasteiger partial charge in [0, 0.05) is 0 Å². The normalized spacial score (nSPS) is 8.58. The highest BCUT2D eigenvalue weighted by molar-refractivity contribution is 5.33. The molecule has 0 aliphatic heterocycles. The third kappa shape index (κ3) is 1.59. The molecular weight excluding hydrogens is 150 g/mol. The second kappa shape index (κ2) is 3.50. The van der Waals surface area contributed by atoms with E-state index >= 15 is 0 Å². The minimum Gasteiger partial charge on any atom is -0.226 e. The Bertz CT molecular complexity index is 336. The van der Waals surface area contributed by atoms with Crippen LogP contribution in [0.3, 0.4) is 0 Å². The maximum atomic E-state index is 8.56. The molecule has 0 atom stereocenters. The van der Waals surface area contributed by atoms with Crippen molar-refractivity contribution in [2.24, 2.45) is 0 Å². The Balaban J connectivity index is 3.24. The molecule has 0 N–H and O–H groups in total. The molecule has 1 rings (SSSR count). The van der Waals surface area contributed by atoms with Gasteiger partial charge in [-0.2, -0.15) is 10.5 Å². The van der Waals surface area contributed by atoms with Crippen LogP contribution in [0.4, 0.5) is 0 Å². The summed E-state index contributed by atoms with van der Waals surface area (Å²) < 4.78 is 0. The lowest BCUT2D eigenvalue weighted by atomic mass is 10.1. The van der Waals surface area contributed by atoms with E-state index in [-0.39, 0.29) is 0 Å². The van der Waals surface area contributed by atoms with Crippen LogP contribution in [0.2, 0.25) is 0 Å². The molecule has 1 heterocycles. The first-order valence-corrected chi connectivity index (χ1v) is 3.61. The van der Waals surface area contributed by atoms with Gasteiger partial charge >= 0.3 is 0 Å². The first-order chi connectivity index (χ1) is 5.80. The quantitative estimate of drug-likeness (QED) is 0.618. The van der Waals surface area contributed by atoms with Crippen molar-refractivity contribution in [3.63, 3.8) is 0 Å². The van der Waals surface area contributed by atoms with Crippen LogP contribution in [0.25, 0.3) is 0 Å². The fraction of sp³-hybridized carbons (Fsp3) is 0.222. The lowest BCUT2D eigenvalue weighted by Gasteiger charge is -1.96. The summed E-state index contributed by atoms with van der Waals surface area (Å²) in [4.78, 5) is 3.80. The molecule has 0 bridgehead atoms. The Kier molecular flexibility index (Phi) is 2.40. The summed E-state index contributed by atoms with van der Waals surface area (Å²) >= 11 is 0. The Morgan fingerprint density at radius 1 is 1.25 bits per heavy atom. The number of hydrogen-bond donors (Lipinski definition) is 0. The number of nitrogens with zero attached hydrogens (tertiary/aromatic N) is 3. The van der Waals surface area contributed by atoms with E-state index in [4.69, 9.17) is 10.5 Å². The smallest absolute Gasteiger partial charge is 0.142 e. The molecule has 0 saturated heterocycles. The molecule has 0 fully saturated rings. The lowest BCUT2D eigenvalue weighted by molar-refractivity contribution is 1.09. The number of hydrogen-bond acceptors (Lipinski definition) is 3. The van der Waals surface area contributed by atoms with E-state index in [9.17, 15) is 0 Å². The average Bonchev–Trinajstić information content (AvgIpc) is 2.16. The van der Waals surface area contributed by atoms with Gasteiger partial charge < -0.3 is 0 Å². The molecule has 0 amide bonds. The van der Waals surface area contributed by atoms with Gasteiger partial charge in [0.25, 0.3) is 0 Å². The molecule has 3 nitrogen and oxygen atoms in total. The van der Waals surface area contributed by atoms with Crippen molar-refractivity contribution in [1.82, 2.24) is 4.98 Å². The predicted octanol–water partition coefficient (Wildman–Crippen LogP) is 1.39. The Labute approximate surface area is 70.9 Å². The van der Waals surface area contributed by atoms with E-state index in [0.717, 1.165) is 12.0 Å². The van der Waals surface area contributed by atoms with E-state index in [1.807, 2.05) is 19.1 Å². The molecular formula is C9H7N3. The summed E-state index contributed by atoms with van der Waals surface area (Å²) in [7, 11) is 0. The maximum Gasteiger partial charge on any atom is 0.142 e. The van der Waals surface area contributed by atoms with Gasteiger partial charge in [-0.05, 0) is 24.1 Å². The molecule has 3 heteroatoms. The summed E-state index contributed by atoms with van der Waals surface area (Å²) in [6.07, 6.45) is 0.811. The van der Waals surface area contributed by atoms with Gasteiger partial charge in [-0.3, -0.25) is 0 Å². The first kappa shape index (κ1) is 8.23. The molecule has 12 heavy (non-hydrogen) atoms. The second-order valence-electron chi connectivity index (χ2n) is 2.32. The van der Waals surface area contributed by atoms with Crippen LogP contribution < -0.4 is 0 Å². The third-order valence-corrected chi connectivity index (χ3v) is 1.52. The zero-order valence-corrected chi connectivity index (χ0v) is 6.70. The number of aryl methyl sites for hydroxylation is 1. The third-order valence-electron chi connectivity index (χ3n) is 1.52. The van der Waals surface area contributed by atoms with Gasteiger partial charge in [-0.15, -0.1) is 0 Å². The van der Waals surface area contributed by atoms with Gasteiger partial charge in [0.2, 0.25) is 0 Å². The van der Waals surface area contributed by atoms with Gasteiger partial charge in [0.05, 0.1) is 0 Å². The molecule has 0 radical (unpaired) electrons. The molecule has 0 aromatic carbocycles. The average molecular weight is 157 g/mol. The summed E-state index contributed by atoms with van der Waals surface area (Å²) in [6, 6.07) is 7.22. The maximum absolute atomic E-state index is 8.56. The van der Waals surface area contributed by atoms with E-state index in [2.05, 4.69) is 4.98 Å². The van der Waals surface area contributed by atoms with Gasteiger partial charge in [0.15, 0.2) is 0 Å². The zero-order valence-electron chi connectivity index (χ0n) is 6.70. The van der Waals surface area contributed by atoms with Crippen LogP contribution >= 0.6 is 0 Å². The molecule has 0 spiro atoms. The van der Waals surface area contributed by atoms with E-state index < -0.39 is 0 Å². The van der Waals surface area contributed by atoms with Crippen LogP contribution in [-0.4, -0.2) is 4.98 Å². The predicted molar refractivity (Wildman–Crippen MR) is 43.0 cm³/mol. The standard InChI is InChI=1S/C9H7N3/c1-2-7-3-8(5-10)12-9(4-7)6-11/h3-4H,2H2,1H3. The fourth-order valence-electron chi connectivity index (χ4n) is 0.906. The van der Waals surface area contributed by atoms with E-state index in [0.29, 0.717) is 11.4 Å². The van der Waals surface area contributed by atoms with Crippen LogP contribution in [0, 0.1) is 22.7 Å². The molecule has 1 aromatic rings. The van der Waals surface area contributed by atoms with Crippen LogP contribution in [0.15, 0.2) is 12.1 Å². The molecule has 58 valence electrons. The lowest BCUT2D eigenvalue weighted by Crippen LogP contribution is -1.91. The summed E-state index contributed by atoms with van der Waals surface area (Å²) in [5.41, 5.74) is 1.59. The SMILES string of the molecule is CCc1cc(C#N)nc(C#N)c1. The monoisotopic (exact) mass is 157 g/mol. The Morgan fingerprint density at radius 3 is 2.08 bits per heavy atom. The second-order valence-corrected chi connectivity index (χ2v) is 2.32. The van der Waals surface area contributed by atoms with Crippen molar-refractivity contribution in [3.05, 3.63) is 29.1 Å². The first-order valence-electron chi connectivity index (χ1n) is 3.61. The summed E-state index contributed by atoms with van der Waals surface area (Å²) in [5, 5.41) is 17.1. The van der Waals surface area contributed by atoms with Gasteiger partial charge in [-0.25, -0.2) is 4.98 Å². The Morgan fingerprint density at radius 2 is 1.75 bits per heavy atom. The van der Waals surface area contributed by atoms with Crippen molar-refractivity contribution < 1.29 is 0 Å².